The molecule has 0 bridgehead atoms. The summed E-state index contributed by atoms with van der Waals surface area (Å²) in [6, 6.07) is 25.1. The van der Waals surface area contributed by atoms with E-state index in [2.05, 4.69) is 32.0 Å². The Bertz CT molecular complexity index is 1770. The number of amides is 1. The molecule has 4 aromatic carbocycles. The van der Waals surface area contributed by atoms with E-state index >= 15 is 0 Å². The minimum absolute atomic E-state index is 0.171. The van der Waals surface area contributed by atoms with Gasteiger partial charge in [-0.05, 0) is 66.2 Å². The van der Waals surface area contributed by atoms with Crippen molar-refractivity contribution in [3.63, 3.8) is 0 Å². The van der Waals surface area contributed by atoms with Crippen molar-refractivity contribution in [3.8, 4) is 5.75 Å². The summed E-state index contributed by atoms with van der Waals surface area (Å²) >= 11 is 16.2. The van der Waals surface area contributed by atoms with E-state index in [4.69, 9.17) is 32.9 Å². The molecule has 5 aromatic rings. The van der Waals surface area contributed by atoms with E-state index < -0.39 is 0 Å². The Kier molecular flexibility index (Phi) is 8.78. The summed E-state index contributed by atoms with van der Waals surface area (Å²) in [6.07, 6.45) is 0.263. The first-order valence-corrected chi connectivity index (χ1v) is 14.0. The first kappa shape index (κ1) is 28.5. The van der Waals surface area contributed by atoms with Gasteiger partial charge < -0.3 is 20.8 Å². The number of hydrogen-bond donors (Lipinski definition) is 3. The van der Waals surface area contributed by atoms with E-state index in [0.29, 0.717) is 43.9 Å². The van der Waals surface area contributed by atoms with Crippen LogP contribution in [0.25, 0.3) is 10.9 Å². The summed E-state index contributed by atoms with van der Waals surface area (Å²) in [7, 11) is 1.57. The summed E-state index contributed by atoms with van der Waals surface area (Å²) in [6.45, 7) is -0.171. The zero-order valence-corrected chi connectivity index (χ0v) is 24.8. The molecule has 8 nitrogen and oxygen atoms in total. The minimum atomic E-state index is -0.335. The molecule has 0 fully saturated rings. The fourth-order valence-electron chi connectivity index (χ4n) is 4.23. The number of benzene rings is 4. The van der Waals surface area contributed by atoms with Gasteiger partial charge >= 0.3 is 0 Å². The van der Waals surface area contributed by atoms with Gasteiger partial charge in [0.1, 0.15) is 18.1 Å². The van der Waals surface area contributed by atoms with E-state index in [0.717, 1.165) is 15.7 Å². The lowest BCUT2D eigenvalue weighted by Gasteiger charge is -2.18. The molecule has 0 unspecified atom stereocenters. The number of halogens is 3. The van der Waals surface area contributed by atoms with Crippen LogP contribution in [0.15, 0.2) is 94.2 Å². The summed E-state index contributed by atoms with van der Waals surface area (Å²) < 4.78 is 7.22. The van der Waals surface area contributed by atoms with Crippen molar-refractivity contribution in [1.82, 2.24) is 9.66 Å². The lowest BCUT2D eigenvalue weighted by atomic mass is 10.1. The van der Waals surface area contributed by atoms with Gasteiger partial charge in [-0.1, -0.05) is 63.4 Å². The minimum Gasteiger partial charge on any atom is -0.497 e. The molecular weight excluding hydrogens is 629 g/mol. The summed E-state index contributed by atoms with van der Waals surface area (Å²) in [5.41, 5.74) is 5.94. The van der Waals surface area contributed by atoms with Crippen LogP contribution in [0.4, 0.5) is 17.1 Å². The Morgan fingerprint density at radius 3 is 2.44 bits per heavy atom. The smallest absolute Gasteiger partial charge is 0.280 e. The molecule has 0 saturated heterocycles. The molecule has 1 amide bonds. The molecule has 208 valence electrons. The second-order valence-corrected chi connectivity index (χ2v) is 10.7. The number of nitrogens with zero attached hydrogens (tertiary/aromatic N) is 2. The largest absolute Gasteiger partial charge is 0.497 e. The van der Waals surface area contributed by atoms with Crippen LogP contribution in [0.1, 0.15) is 11.4 Å². The highest BCUT2D eigenvalue weighted by atomic mass is 79.9. The van der Waals surface area contributed by atoms with Crippen LogP contribution in [0, 0.1) is 0 Å². The van der Waals surface area contributed by atoms with Crippen molar-refractivity contribution < 1.29 is 9.53 Å². The van der Waals surface area contributed by atoms with Crippen LogP contribution in [0.3, 0.4) is 0 Å². The molecule has 0 radical (unpaired) electrons. The number of methoxy groups -OCH3 is 1. The molecule has 1 aromatic heterocycles. The predicted molar refractivity (Wildman–Crippen MR) is 169 cm³/mol. The number of ether oxygens (including phenoxy) is 1. The Labute approximate surface area is 254 Å². The van der Waals surface area contributed by atoms with Gasteiger partial charge in [-0.3, -0.25) is 9.59 Å². The predicted octanol–water partition coefficient (Wildman–Crippen LogP) is 6.99. The maximum absolute atomic E-state index is 13.6. The zero-order valence-electron chi connectivity index (χ0n) is 21.8. The first-order chi connectivity index (χ1) is 19.8. The lowest BCUT2D eigenvalue weighted by molar-refractivity contribution is -0.114. The molecule has 11 heteroatoms. The second kappa shape index (κ2) is 12.6. The number of fused-ring (bicyclic) bond motifs is 1. The van der Waals surface area contributed by atoms with Gasteiger partial charge in [0.25, 0.3) is 5.56 Å². The number of carbonyl (C=O) groups excluding carboxylic acids is 1. The highest BCUT2D eigenvalue weighted by Crippen LogP contribution is 2.34. The van der Waals surface area contributed by atoms with E-state index in [1.807, 2.05) is 30.3 Å². The van der Waals surface area contributed by atoms with Crippen LogP contribution >= 0.6 is 39.1 Å². The molecule has 0 atom stereocenters. The standard InChI is InChI=1S/C30H24BrCl2N5O3/c1-41-21-12-10-20(11-13-21)35-28(39)17-34-38-27(36-26-14-9-19(31)16-22(26)30(38)40)15-18-5-2-3-8-25(18)37-29-23(32)6-4-7-24(29)33/h2-14,16,34,37H,15,17H2,1H3,(H,35,39). The summed E-state index contributed by atoms with van der Waals surface area (Å²) in [5.74, 6) is 0.761. The molecule has 0 aliphatic rings. The average molecular weight is 653 g/mol. The molecule has 0 aliphatic heterocycles. The second-order valence-electron chi connectivity index (χ2n) is 9.00. The zero-order chi connectivity index (χ0) is 28.9. The fourth-order valence-corrected chi connectivity index (χ4v) is 5.09. The Morgan fingerprint density at radius 1 is 0.976 bits per heavy atom. The van der Waals surface area contributed by atoms with Gasteiger partial charge in [0.15, 0.2) is 0 Å². The van der Waals surface area contributed by atoms with Crippen LogP contribution < -0.4 is 26.4 Å². The monoisotopic (exact) mass is 651 g/mol. The fraction of sp³-hybridized carbons (Fsp3) is 0.100. The molecular formula is C30H24BrCl2N5O3. The highest BCUT2D eigenvalue weighted by molar-refractivity contribution is 9.10. The third-order valence-corrected chi connectivity index (χ3v) is 7.38. The van der Waals surface area contributed by atoms with Crippen molar-refractivity contribution >= 4 is 73.0 Å². The van der Waals surface area contributed by atoms with Gasteiger partial charge in [-0.15, -0.1) is 0 Å². The number of aromatic nitrogens is 2. The molecule has 1 heterocycles. The third-order valence-electron chi connectivity index (χ3n) is 6.26. The quantitative estimate of drug-likeness (QED) is 0.159. The van der Waals surface area contributed by atoms with Crippen molar-refractivity contribution in [2.75, 3.05) is 29.7 Å². The van der Waals surface area contributed by atoms with Gasteiger partial charge in [-0.2, -0.15) is 0 Å². The topological polar surface area (TPSA) is 97.3 Å². The van der Waals surface area contributed by atoms with E-state index in [1.54, 1.807) is 61.7 Å². The van der Waals surface area contributed by atoms with E-state index in [1.165, 1.54) is 4.68 Å². The molecule has 5 rings (SSSR count). The Hall–Kier alpha value is -4.05. The van der Waals surface area contributed by atoms with Crippen LogP contribution in [0.2, 0.25) is 10.0 Å². The number of para-hydroxylation sites is 2. The Morgan fingerprint density at radius 2 is 1.71 bits per heavy atom. The Balaban J connectivity index is 1.46. The third kappa shape index (κ3) is 6.65. The van der Waals surface area contributed by atoms with Crippen LogP contribution in [-0.2, 0) is 11.2 Å². The van der Waals surface area contributed by atoms with Gasteiger partial charge in [0.2, 0.25) is 5.91 Å². The van der Waals surface area contributed by atoms with Crippen molar-refractivity contribution in [3.05, 3.63) is 121 Å². The maximum atomic E-state index is 13.6. The molecule has 0 aliphatic carbocycles. The number of anilines is 3. The van der Waals surface area contributed by atoms with Crippen LogP contribution in [0.5, 0.6) is 5.75 Å². The average Bonchev–Trinajstić information content (AvgIpc) is 2.96. The molecule has 0 saturated carbocycles. The molecule has 0 spiro atoms. The SMILES string of the molecule is COc1ccc(NC(=O)CNn2c(Cc3ccccc3Nc3c(Cl)cccc3Cl)nc3ccc(Br)cc3c2=O)cc1. The van der Waals surface area contributed by atoms with Gasteiger partial charge in [0, 0.05) is 22.3 Å². The lowest BCUT2D eigenvalue weighted by Crippen LogP contribution is -2.37. The van der Waals surface area contributed by atoms with Gasteiger partial charge in [0.05, 0.1) is 33.7 Å². The number of carbonyl (C=O) groups is 1. The van der Waals surface area contributed by atoms with E-state index in [9.17, 15) is 9.59 Å². The normalized spacial score (nSPS) is 10.8. The maximum Gasteiger partial charge on any atom is 0.280 e. The van der Waals surface area contributed by atoms with Crippen molar-refractivity contribution in [2.45, 2.75) is 6.42 Å². The van der Waals surface area contributed by atoms with Crippen molar-refractivity contribution in [2.24, 2.45) is 0 Å². The first-order valence-electron chi connectivity index (χ1n) is 12.5. The summed E-state index contributed by atoms with van der Waals surface area (Å²) in [4.78, 5) is 31.2. The van der Waals surface area contributed by atoms with E-state index in [-0.39, 0.29) is 24.4 Å². The highest BCUT2D eigenvalue weighted by Gasteiger charge is 2.16. The van der Waals surface area contributed by atoms with Crippen molar-refractivity contribution in [1.29, 1.82) is 0 Å². The van der Waals surface area contributed by atoms with Crippen LogP contribution in [-0.4, -0.2) is 29.2 Å². The van der Waals surface area contributed by atoms with Gasteiger partial charge in [-0.25, -0.2) is 9.66 Å². The molecule has 41 heavy (non-hydrogen) atoms. The number of rotatable bonds is 9. The molecule has 3 N–H and O–H groups in total. The number of hydrogen-bond acceptors (Lipinski definition) is 6. The summed E-state index contributed by atoms with van der Waals surface area (Å²) in [5, 5.41) is 7.48. The number of nitrogens with one attached hydrogen (secondary N) is 3.